The normalized spacial score (nSPS) is 21.8. The molecule has 2 fully saturated rings. The molecule has 88 valence electrons. The van der Waals surface area contributed by atoms with E-state index in [9.17, 15) is 4.79 Å². The number of carbonyl (C=O) groups is 1. The summed E-state index contributed by atoms with van der Waals surface area (Å²) in [7, 11) is 0. The Bertz CT molecular complexity index is 313. The molecule has 0 radical (unpaired) electrons. The molecule has 0 amide bonds. The van der Waals surface area contributed by atoms with Crippen molar-refractivity contribution in [1.82, 2.24) is 4.90 Å². The second-order valence-corrected chi connectivity index (χ2v) is 5.34. The first-order chi connectivity index (χ1) is 7.63. The van der Waals surface area contributed by atoms with Crippen LogP contribution in [0.2, 0.25) is 0 Å². The summed E-state index contributed by atoms with van der Waals surface area (Å²) in [5.74, 6) is -0.0503. The minimum Gasteiger partial charge on any atom is -0.480 e. The van der Waals surface area contributed by atoms with Crippen LogP contribution in [-0.2, 0) is 4.79 Å². The third-order valence-electron chi connectivity index (χ3n) is 3.54. The Morgan fingerprint density at radius 3 is 2.62 bits per heavy atom. The molecule has 2 saturated carbocycles. The van der Waals surface area contributed by atoms with Crippen molar-refractivity contribution in [3.63, 3.8) is 0 Å². The van der Waals surface area contributed by atoms with E-state index in [0.29, 0.717) is 12.3 Å². The summed E-state index contributed by atoms with van der Waals surface area (Å²) in [4.78, 5) is 12.8. The number of carboxylic acids is 1. The summed E-state index contributed by atoms with van der Waals surface area (Å²) in [6.07, 6.45) is 5.22. The number of hydrogen-bond donors (Lipinski definition) is 1. The van der Waals surface area contributed by atoms with Crippen molar-refractivity contribution in [2.24, 2.45) is 11.3 Å². The lowest BCUT2D eigenvalue weighted by atomic mass is 10.0. The predicted molar refractivity (Wildman–Crippen MR) is 58.7 cm³/mol. The van der Waals surface area contributed by atoms with Gasteiger partial charge in [0.05, 0.1) is 12.6 Å². The third kappa shape index (κ3) is 3.21. The molecular weight excluding hydrogens is 204 g/mol. The average Bonchev–Trinajstić information content (AvgIpc) is 3.04. The van der Waals surface area contributed by atoms with Gasteiger partial charge in [0, 0.05) is 19.5 Å². The van der Waals surface area contributed by atoms with Crippen molar-refractivity contribution in [1.29, 1.82) is 5.26 Å². The fraction of sp³-hybridized carbons (Fsp3) is 0.833. The van der Waals surface area contributed by atoms with Gasteiger partial charge in [-0.15, -0.1) is 0 Å². The molecule has 2 aliphatic rings. The number of aliphatic carboxylic acids is 1. The molecule has 16 heavy (non-hydrogen) atoms. The van der Waals surface area contributed by atoms with Crippen LogP contribution < -0.4 is 0 Å². The standard InChI is InChI=1S/C12H18N2O2/c13-6-5-12(3-4-12)9-14(8-11(15)16)7-10-1-2-10/h10H,1-5,7-9H2,(H,15,16). The molecule has 0 bridgehead atoms. The molecule has 0 aliphatic heterocycles. The van der Waals surface area contributed by atoms with Crippen molar-refractivity contribution in [3.05, 3.63) is 0 Å². The van der Waals surface area contributed by atoms with Crippen molar-refractivity contribution in [3.8, 4) is 6.07 Å². The Morgan fingerprint density at radius 1 is 1.50 bits per heavy atom. The van der Waals surface area contributed by atoms with Gasteiger partial charge in [-0.25, -0.2) is 0 Å². The zero-order valence-electron chi connectivity index (χ0n) is 9.48. The summed E-state index contributed by atoms with van der Waals surface area (Å²) in [6, 6.07) is 2.22. The Labute approximate surface area is 95.9 Å². The Morgan fingerprint density at radius 2 is 2.19 bits per heavy atom. The highest BCUT2D eigenvalue weighted by Gasteiger charge is 2.44. The largest absolute Gasteiger partial charge is 0.480 e. The van der Waals surface area contributed by atoms with Crippen molar-refractivity contribution >= 4 is 5.97 Å². The highest BCUT2D eigenvalue weighted by atomic mass is 16.4. The maximum Gasteiger partial charge on any atom is 0.317 e. The van der Waals surface area contributed by atoms with Gasteiger partial charge in [-0.1, -0.05) is 0 Å². The molecule has 0 aromatic carbocycles. The summed E-state index contributed by atoms with van der Waals surface area (Å²) >= 11 is 0. The van der Waals surface area contributed by atoms with Crippen LogP contribution in [0.4, 0.5) is 0 Å². The molecule has 0 aromatic heterocycles. The van der Waals surface area contributed by atoms with Gasteiger partial charge in [0.2, 0.25) is 0 Å². The molecule has 1 N–H and O–H groups in total. The van der Waals surface area contributed by atoms with Crippen LogP contribution in [0, 0.1) is 22.7 Å². The highest BCUT2D eigenvalue weighted by molar-refractivity contribution is 5.69. The third-order valence-corrected chi connectivity index (χ3v) is 3.54. The van der Waals surface area contributed by atoms with E-state index in [1.165, 1.54) is 12.8 Å². The first kappa shape index (κ1) is 11.4. The lowest BCUT2D eigenvalue weighted by Gasteiger charge is -2.24. The summed E-state index contributed by atoms with van der Waals surface area (Å²) < 4.78 is 0. The lowest BCUT2D eigenvalue weighted by molar-refractivity contribution is -0.138. The van der Waals surface area contributed by atoms with Crippen LogP contribution >= 0.6 is 0 Å². The fourth-order valence-corrected chi connectivity index (χ4v) is 2.25. The molecule has 0 saturated heterocycles. The van der Waals surface area contributed by atoms with Crippen molar-refractivity contribution in [2.45, 2.75) is 32.1 Å². The van der Waals surface area contributed by atoms with E-state index in [4.69, 9.17) is 10.4 Å². The van der Waals surface area contributed by atoms with Gasteiger partial charge in [-0.3, -0.25) is 9.69 Å². The Hall–Kier alpha value is -1.08. The summed E-state index contributed by atoms with van der Waals surface area (Å²) in [5.41, 5.74) is 0.124. The van der Waals surface area contributed by atoms with E-state index < -0.39 is 5.97 Å². The Balaban J connectivity index is 1.85. The molecule has 4 nitrogen and oxygen atoms in total. The number of nitrogens with zero attached hydrogens (tertiary/aromatic N) is 2. The van der Waals surface area contributed by atoms with Gasteiger partial charge in [0.15, 0.2) is 0 Å². The maximum absolute atomic E-state index is 10.8. The van der Waals surface area contributed by atoms with E-state index in [-0.39, 0.29) is 12.0 Å². The Kier molecular flexibility index (Phi) is 3.15. The van der Waals surface area contributed by atoms with Gasteiger partial charge in [0.1, 0.15) is 0 Å². The zero-order chi connectivity index (χ0) is 11.6. The van der Waals surface area contributed by atoms with Crippen LogP contribution in [0.5, 0.6) is 0 Å². The molecule has 2 aliphatic carbocycles. The first-order valence-electron chi connectivity index (χ1n) is 5.95. The van der Waals surface area contributed by atoms with E-state index in [1.807, 2.05) is 4.90 Å². The van der Waals surface area contributed by atoms with Gasteiger partial charge >= 0.3 is 5.97 Å². The van der Waals surface area contributed by atoms with Crippen LogP contribution in [-0.4, -0.2) is 35.6 Å². The molecule has 2 rings (SSSR count). The number of carboxylic acid groups (broad SMARTS) is 1. The molecular formula is C12H18N2O2. The van der Waals surface area contributed by atoms with Gasteiger partial charge < -0.3 is 5.11 Å². The van der Waals surface area contributed by atoms with E-state index in [2.05, 4.69) is 6.07 Å². The molecule has 0 aromatic rings. The van der Waals surface area contributed by atoms with Crippen molar-refractivity contribution < 1.29 is 9.90 Å². The highest BCUT2D eigenvalue weighted by Crippen LogP contribution is 2.49. The zero-order valence-corrected chi connectivity index (χ0v) is 9.48. The van der Waals surface area contributed by atoms with Crippen LogP contribution in [0.3, 0.4) is 0 Å². The topological polar surface area (TPSA) is 64.3 Å². The molecule has 0 heterocycles. The first-order valence-corrected chi connectivity index (χ1v) is 5.95. The molecule has 0 atom stereocenters. The van der Waals surface area contributed by atoms with Crippen LogP contribution in [0.1, 0.15) is 32.1 Å². The smallest absolute Gasteiger partial charge is 0.317 e. The van der Waals surface area contributed by atoms with Gasteiger partial charge in [-0.05, 0) is 37.0 Å². The maximum atomic E-state index is 10.8. The molecule has 0 unspecified atom stereocenters. The van der Waals surface area contributed by atoms with E-state index in [0.717, 1.165) is 25.9 Å². The van der Waals surface area contributed by atoms with Gasteiger partial charge in [0.25, 0.3) is 0 Å². The van der Waals surface area contributed by atoms with Crippen molar-refractivity contribution in [2.75, 3.05) is 19.6 Å². The van der Waals surface area contributed by atoms with Gasteiger partial charge in [-0.2, -0.15) is 5.26 Å². The fourth-order valence-electron chi connectivity index (χ4n) is 2.25. The summed E-state index contributed by atoms with van der Waals surface area (Å²) in [6.45, 7) is 1.83. The SMILES string of the molecule is N#CCC1(CN(CC(=O)O)CC2CC2)CC1. The quantitative estimate of drug-likeness (QED) is 0.708. The number of nitriles is 1. The van der Waals surface area contributed by atoms with E-state index >= 15 is 0 Å². The minimum absolute atomic E-state index is 0.124. The monoisotopic (exact) mass is 222 g/mol. The predicted octanol–water partition coefficient (Wildman–Crippen LogP) is 1.48. The number of hydrogen-bond acceptors (Lipinski definition) is 3. The minimum atomic E-state index is -0.756. The second kappa shape index (κ2) is 4.42. The number of rotatable bonds is 7. The average molecular weight is 222 g/mol. The molecule has 4 heteroatoms. The van der Waals surface area contributed by atoms with Crippen LogP contribution in [0.15, 0.2) is 0 Å². The molecule has 0 spiro atoms. The summed E-state index contributed by atoms with van der Waals surface area (Å²) in [5, 5.41) is 17.6. The lowest BCUT2D eigenvalue weighted by Crippen LogP contribution is -2.36. The second-order valence-electron chi connectivity index (χ2n) is 5.34. The van der Waals surface area contributed by atoms with E-state index in [1.54, 1.807) is 0 Å². The van der Waals surface area contributed by atoms with Crippen LogP contribution in [0.25, 0.3) is 0 Å².